The standard InChI is InChI=1S/C13H16ClFN2O2S.ClH/c14-9-1-4-12(15)13(7-9)20(18,19)17(10-2-3-10)11-5-6-16-8-11;/h1,4,7,10-11,16H,2-3,5-6,8H2;1H. The zero-order valence-electron chi connectivity index (χ0n) is 11.3. The molecule has 21 heavy (non-hydrogen) atoms. The third kappa shape index (κ3) is 3.35. The first-order valence-electron chi connectivity index (χ1n) is 6.69. The molecule has 1 heterocycles. The topological polar surface area (TPSA) is 49.4 Å². The van der Waals surface area contributed by atoms with Gasteiger partial charge in [-0.2, -0.15) is 4.31 Å². The van der Waals surface area contributed by atoms with Gasteiger partial charge < -0.3 is 5.32 Å². The molecule has 3 rings (SSSR count). The molecule has 1 aromatic rings. The van der Waals surface area contributed by atoms with Gasteiger partial charge in [0.05, 0.1) is 0 Å². The predicted octanol–water partition coefficient (Wildman–Crippen LogP) is 2.42. The van der Waals surface area contributed by atoms with Crippen LogP contribution in [0.25, 0.3) is 0 Å². The fraction of sp³-hybridized carbons (Fsp3) is 0.538. The maximum absolute atomic E-state index is 13.9. The molecule has 0 aromatic heterocycles. The van der Waals surface area contributed by atoms with Crippen molar-refractivity contribution in [1.29, 1.82) is 0 Å². The van der Waals surface area contributed by atoms with Crippen molar-refractivity contribution >= 4 is 34.0 Å². The zero-order valence-corrected chi connectivity index (χ0v) is 13.6. The van der Waals surface area contributed by atoms with Crippen molar-refractivity contribution in [2.24, 2.45) is 0 Å². The summed E-state index contributed by atoms with van der Waals surface area (Å²) in [4.78, 5) is -0.316. The fourth-order valence-electron chi connectivity index (χ4n) is 2.66. The summed E-state index contributed by atoms with van der Waals surface area (Å²) in [6.07, 6.45) is 2.45. The minimum Gasteiger partial charge on any atom is -0.315 e. The van der Waals surface area contributed by atoms with Gasteiger partial charge in [0.25, 0.3) is 0 Å². The Labute approximate surface area is 135 Å². The van der Waals surface area contributed by atoms with Crippen molar-refractivity contribution in [3.63, 3.8) is 0 Å². The molecule has 2 aliphatic rings. The van der Waals surface area contributed by atoms with Gasteiger partial charge in [-0.3, -0.25) is 0 Å². The van der Waals surface area contributed by atoms with Crippen LogP contribution in [0.5, 0.6) is 0 Å². The van der Waals surface area contributed by atoms with E-state index in [1.54, 1.807) is 0 Å². The van der Waals surface area contributed by atoms with Crippen molar-refractivity contribution in [1.82, 2.24) is 9.62 Å². The van der Waals surface area contributed by atoms with E-state index in [4.69, 9.17) is 11.6 Å². The van der Waals surface area contributed by atoms with Crippen LogP contribution < -0.4 is 5.32 Å². The Bertz CT molecular complexity index is 617. The molecule has 1 saturated heterocycles. The maximum atomic E-state index is 13.9. The largest absolute Gasteiger partial charge is 0.315 e. The molecular weight excluding hydrogens is 338 g/mol. The first kappa shape index (κ1) is 17.0. The molecule has 0 spiro atoms. The monoisotopic (exact) mass is 354 g/mol. The molecule has 0 radical (unpaired) electrons. The minimum absolute atomic E-state index is 0. The molecule has 4 nitrogen and oxygen atoms in total. The number of hydrogen-bond acceptors (Lipinski definition) is 3. The van der Waals surface area contributed by atoms with Gasteiger partial charge in [-0.25, -0.2) is 12.8 Å². The lowest BCUT2D eigenvalue weighted by molar-refractivity contribution is 0.325. The summed E-state index contributed by atoms with van der Waals surface area (Å²) in [5, 5.41) is 3.39. The van der Waals surface area contributed by atoms with E-state index in [9.17, 15) is 12.8 Å². The summed E-state index contributed by atoms with van der Waals surface area (Å²) in [6.45, 7) is 1.42. The summed E-state index contributed by atoms with van der Waals surface area (Å²) in [6, 6.07) is 3.57. The molecule has 1 saturated carbocycles. The van der Waals surface area contributed by atoms with E-state index in [-0.39, 0.29) is 34.4 Å². The molecule has 8 heteroatoms. The summed E-state index contributed by atoms with van der Waals surface area (Å²) in [5.74, 6) is -0.744. The van der Waals surface area contributed by atoms with E-state index in [0.717, 1.165) is 31.9 Å². The van der Waals surface area contributed by atoms with Gasteiger partial charge in [0.2, 0.25) is 10.0 Å². The molecule has 1 aliphatic heterocycles. The Kier molecular flexibility index (Phi) is 5.15. The van der Waals surface area contributed by atoms with E-state index < -0.39 is 15.8 Å². The van der Waals surface area contributed by atoms with Crippen LogP contribution in [0.3, 0.4) is 0 Å². The van der Waals surface area contributed by atoms with Crippen LogP contribution in [-0.2, 0) is 10.0 Å². The molecule has 1 aliphatic carbocycles. The second-order valence-corrected chi connectivity index (χ2v) is 7.54. The van der Waals surface area contributed by atoms with Crippen LogP contribution in [0.4, 0.5) is 4.39 Å². The number of sulfonamides is 1. The van der Waals surface area contributed by atoms with E-state index in [0.29, 0.717) is 6.54 Å². The molecule has 0 bridgehead atoms. The summed E-state index contributed by atoms with van der Waals surface area (Å²) >= 11 is 5.82. The van der Waals surface area contributed by atoms with Crippen LogP contribution in [0.1, 0.15) is 19.3 Å². The smallest absolute Gasteiger partial charge is 0.246 e. The second-order valence-electron chi connectivity index (χ2n) is 5.29. The van der Waals surface area contributed by atoms with Crippen molar-refractivity contribution in [3.8, 4) is 0 Å². The number of halogens is 3. The number of benzene rings is 1. The minimum atomic E-state index is -3.84. The van der Waals surface area contributed by atoms with Gasteiger partial charge in [-0.1, -0.05) is 11.6 Å². The molecule has 1 N–H and O–H groups in total. The normalized spacial score (nSPS) is 22.3. The number of nitrogens with zero attached hydrogens (tertiary/aromatic N) is 1. The second kappa shape index (κ2) is 6.38. The fourth-order valence-corrected chi connectivity index (χ4v) is 4.89. The van der Waals surface area contributed by atoms with Crippen molar-refractivity contribution in [2.45, 2.75) is 36.2 Å². The quantitative estimate of drug-likeness (QED) is 0.903. The lowest BCUT2D eigenvalue weighted by atomic mass is 10.2. The summed E-state index contributed by atoms with van der Waals surface area (Å²) < 4.78 is 41.0. The number of nitrogens with one attached hydrogen (secondary N) is 1. The molecule has 118 valence electrons. The molecule has 0 amide bonds. The van der Waals surface area contributed by atoms with Crippen LogP contribution in [0, 0.1) is 5.82 Å². The van der Waals surface area contributed by atoms with Gasteiger partial charge in [0.15, 0.2) is 0 Å². The Hall–Kier alpha value is -0.400. The predicted molar refractivity (Wildman–Crippen MR) is 82.0 cm³/mol. The van der Waals surface area contributed by atoms with E-state index in [2.05, 4.69) is 5.32 Å². The van der Waals surface area contributed by atoms with Gasteiger partial charge in [0.1, 0.15) is 10.7 Å². The van der Waals surface area contributed by atoms with Crippen molar-refractivity contribution in [3.05, 3.63) is 29.0 Å². The van der Waals surface area contributed by atoms with Crippen molar-refractivity contribution in [2.75, 3.05) is 13.1 Å². The van der Waals surface area contributed by atoms with Crippen LogP contribution in [0.15, 0.2) is 23.1 Å². The Balaban J connectivity index is 0.00000161. The highest BCUT2D eigenvalue weighted by Crippen LogP contribution is 2.36. The summed E-state index contributed by atoms with van der Waals surface area (Å²) in [7, 11) is -3.84. The Morgan fingerprint density at radius 2 is 1.95 bits per heavy atom. The van der Waals surface area contributed by atoms with E-state index in [1.165, 1.54) is 16.4 Å². The third-order valence-corrected chi connectivity index (χ3v) is 6.00. The first-order valence-corrected chi connectivity index (χ1v) is 8.51. The summed E-state index contributed by atoms with van der Waals surface area (Å²) in [5.41, 5.74) is 0. The van der Waals surface area contributed by atoms with Crippen LogP contribution in [-0.4, -0.2) is 37.9 Å². The number of hydrogen-bond donors (Lipinski definition) is 1. The van der Waals surface area contributed by atoms with E-state index >= 15 is 0 Å². The zero-order chi connectivity index (χ0) is 14.3. The Morgan fingerprint density at radius 1 is 1.24 bits per heavy atom. The molecule has 1 atom stereocenters. The molecular formula is C13H17Cl2FN2O2S. The lowest BCUT2D eigenvalue weighted by Gasteiger charge is -2.27. The first-order chi connectivity index (χ1) is 9.50. The highest BCUT2D eigenvalue weighted by atomic mass is 35.5. The molecule has 1 unspecified atom stereocenters. The van der Waals surface area contributed by atoms with Gasteiger partial charge in [-0.15, -0.1) is 12.4 Å². The van der Waals surface area contributed by atoms with Gasteiger partial charge in [0, 0.05) is 23.7 Å². The molecule has 2 fully saturated rings. The third-order valence-electron chi connectivity index (χ3n) is 3.75. The maximum Gasteiger partial charge on any atom is 0.246 e. The Morgan fingerprint density at radius 3 is 2.52 bits per heavy atom. The van der Waals surface area contributed by atoms with Crippen LogP contribution >= 0.6 is 24.0 Å². The van der Waals surface area contributed by atoms with Gasteiger partial charge >= 0.3 is 0 Å². The van der Waals surface area contributed by atoms with E-state index in [1.807, 2.05) is 0 Å². The average molecular weight is 355 g/mol. The highest BCUT2D eigenvalue weighted by Gasteiger charge is 2.44. The molecule has 1 aromatic carbocycles. The lowest BCUT2D eigenvalue weighted by Crippen LogP contribution is -2.43. The number of rotatable bonds is 4. The van der Waals surface area contributed by atoms with Gasteiger partial charge in [-0.05, 0) is 44.0 Å². The SMILES string of the molecule is Cl.O=S(=O)(c1cc(Cl)ccc1F)N(C1CC1)C1CCNC1. The highest BCUT2D eigenvalue weighted by molar-refractivity contribution is 7.89. The van der Waals surface area contributed by atoms with Crippen LogP contribution in [0.2, 0.25) is 5.02 Å². The average Bonchev–Trinajstić information content (AvgIpc) is 3.06. The van der Waals surface area contributed by atoms with Crippen molar-refractivity contribution < 1.29 is 12.8 Å².